The summed E-state index contributed by atoms with van der Waals surface area (Å²) in [5.41, 5.74) is 8.10. The number of carboxylic acids is 4. The molecule has 10 atom stereocenters. The maximum absolute atomic E-state index is 15.2. The average molecular weight is 1390 g/mol. The first-order valence-corrected chi connectivity index (χ1v) is 33.7. The monoisotopic (exact) mass is 1390 g/mol. The third-order valence-corrected chi connectivity index (χ3v) is 17.8. The molecule has 97 heavy (non-hydrogen) atoms. The Kier molecular flexibility index (Phi) is 33.2. The van der Waals surface area contributed by atoms with Gasteiger partial charge >= 0.3 is 23.9 Å². The van der Waals surface area contributed by atoms with Crippen LogP contribution in [0.4, 0.5) is 0 Å². The second-order valence-electron chi connectivity index (χ2n) is 23.3. The second kappa shape index (κ2) is 40.7. The molecule has 0 bridgehead atoms. The minimum atomic E-state index is -1.78. The van der Waals surface area contributed by atoms with Crippen molar-refractivity contribution in [3.05, 3.63) is 108 Å². The van der Waals surface area contributed by atoms with E-state index in [2.05, 4.69) is 47.5 Å². The standard InChI is InChI=1S/C63H87N13O19S2/c1-37(78)48(34-77)70-62(94)50-36-97-96-35-49(71-58(90)45(25-39-13-5-3-6-14-39)66-51(80)29-75(31-53(83)84)23-21-74(30-52(81)82)22-24-76(32-54(85)86)33-55(87)88)61(93)68-46(26-40-15-7-4-8-16-40)59(91)69-47(27-41-28-65-43-18-10-9-17-42(41)43)60(92)67-44(19-11-12-20-64)57(89)73-56(38(2)79)63(95)72-50/h3-10,13-18,28,37-38,44-50,56,65,77-79H,11-12,19-27,29-36,64H2,1-2H3,(H,66,80)(H,67,92)(H,68,93)(H,69,91)(H,70,94)(H,71,90)(H,72,95)(H,73,89)(H,81,82)(H,83,84)(H,85,86)(H,87,88). The van der Waals surface area contributed by atoms with Gasteiger partial charge in [-0.15, -0.1) is 0 Å². The number of aliphatic hydroxyl groups excluding tert-OH is 3. The lowest BCUT2D eigenvalue weighted by atomic mass is 10.0. The maximum atomic E-state index is 15.2. The minimum Gasteiger partial charge on any atom is -0.480 e. The number of aromatic nitrogens is 1. The van der Waals surface area contributed by atoms with Crippen molar-refractivity contribution in [2.75, 3.05) is 83.6 Å². The Bertz CT molecular complexity index is 3280. The lowest BCUT2D eigenvalue weighted by molar-refractivity contribution is -0.143. The summed E-state index contributed by atoms with van der Waals surface area (Å²) in [4.78, 5) is 171. The number of unbranched alkanes of at least 4 members (excludes halogenated alkanes) is 1. The number of nitrogens with zero attached hydrogens (tertiary/aromatic N) is 3. The zero-order valence-corrected chi connectivity index (χ0v) is 55.3. The number of hydrogen-bond acceptors (Lipinski definition) is 21. The lowest BCUT2D eigenvalue weighted by Crippen LogP contribution is -2.62. The number of carbonyl (C=O) groups is 12. The van der Waals surface area contributed by atoms with Gasteiger partial charge in [0.25, 0.3) is 0 Å². The molecule has 1 saturated heterocycles. The van der Waals surface area contributed by atoms with E-state index in [4.69, 9.17) is 5.73 Å². The van der Waals surface area contributed by atoms with Gasteiger partial charge in [-0.3, -0.25) is 72.2 Å². The van der Waals surface area contributed by atoms with Gasteiger partial charge in [0.1, 0.15) is 42.3 Å². The van der Waals surface area contributed by atoms with Crippen molar-refractivity contribution in [1.29, 1.82) is 0 Å². The number of para-hydroxylation sites is 1. The number of aliphatic hydroxyl groups is 3. The van der Waals surface area contributed by atoms with Gasteiger partial charge in [0.2, 0.25) is 47.3 Å². The third kappa shape index (κ3) is 27.7. The van der Waals surface area contributed by atoms with Crippen molar-refractivity contribution >= 4 is 104 Å². The molecule has 2 heterocycles. The first-order valence-electron chi connectivity index (χ1n) is 31.2. The Morgan fingerprint density at radius 1 is 0.588 bits per heavy atom. The molecule has 0 radical (unpaired) electrons. The predicted molar refractivity (Wildman–Crippen MR) is 356 cm³/mol. The summed E-state index contributed by atoms with van der Waals surface area (Å²) < 4.78 is 0. The molecule has 1 aromatic heterocycles. The van der Waals surface area contributed by atoms with Crippen LogP contribution in [0.15, 0.2) is 91.1 Å². The Morgan fingerprint density at radius 3 is 1.68 bits per heavy atom. The van der Waals surface area contributed by atoms with Crippen molar-refractivity contribution < 1.29 is 93.3 Å². The predicted octanol–water partition coefficient (Wildman–Crippen LogP) is -3.40. The Labute approximate surface area is 566 Å². The quantitative estimate of drug-likeness (QED) is 0.0160. The average Bonchev–Trinajstić information content (AvgIpc) is 1.76. The number of benzene rings is 3. The van der Waals surface area contributed by atoms with Gasteiger partial charge in [0.05, 0.1) is 57.6 Å². The smallest absolute Gasteiger partial charge is 0.317 e. The van der Waals surface area contributed by atoms with E-state index in [9.17, 15) is 83.7 Å². The maximum Gasteiger partial charge on any atom is 0.317 e. The van der Waals surface area contributed by atoms with E-state index < -0.39 is 177 Å². The van der Waals surface area contributed by atoms with Crippen molar-refractivity contribution in [3.8, 4) is 0 Å². The Hall–Kier alpha value is -8.74. The lowest BCUT2D eigenvalue weighted by Gasteiger charge is -2.29. The first-order chi connectivity index (χ1) is 46.2. The van der Waals surface area contributed by atoms with Gasteiger partial charge in [-0.1, -0.05) is 100 Å². The first kappa shape index (κ1) is 79.0. The van der Waals surface area contributed by atoms with Crippen LogP contribution in [0.5, 0.6) is 0 Å². The molecule has 10 unspecified atom stereocenters. The SMILES string of the molecule is CC(O)C(CO)NC(=O)C1CSSCC(NC(=O)C(Cc2ccccc2)NC(=O)CN(CCN(CCN(CC(=O)O)CC(=O)O)CC(=O)O)CC(=O)O)C(=O)NC(Cc2ccccc2)C(=O)NC(Cc2c[nH]c3ccccc23)C(=O)NC(CCCCN)C(=O)NC(C(C)O)C(=O)N1. The fraction of sp³-hybridized carbons (Fsp3) is 0.492. The summed E-state index contributed by atoms with van der Waals surface area (Å²) in [5, 5.41) is 91.6. The van der Waals surface area contributed by atoms with E-state index in [1.54, 1.807) is 91.1 Å². The number of fused-ring (bicyclic) bond motifs is 1. The van der Waals surface area contributed by atoms with Gasteiger partial charge in [0, 0.05) is 74.0 Å². The highest BCUT2D eigenvalue weighted by Gasteiger charge is 2.37. The highest BCUT2D eigenvalue weighted by molar-refractivity contribution is 8.76. The molecule has 1 fully saturated rings. The van der Waals surface area contributed by atoms with Crippen molar-refractivity contribution in [3.63, 3.8) is 0 Å². The molecule has 18 N–H and O–H groups in total. The fourth-order valence-corrected chi connectivity index (χ4v) is 12.6. The molecule has 1 aliphatic heterocycles. The molecule has 0 saturated carbocycles. The normalized spacial score (nSPS) is 19.8. The number of aliphatic carboxylic acids is 4. The molecule has 3 aromatic carbocycles. The molecular weight excluding hydrogens is 1310 g/mol. The van der Waals surface area contributed by atoms with Crippen LogP contribution in [0.3, 0.4) is 0 Å². The van der Waals surface area contributed by atoms with Crippen molar-refractivity contribution in [1.82, 2.24) is 62.2 Å². The summed E-state index contributed by atoms with van der Waals surface area (Å²) >= 11 is 0. The highest BCUT2D eigenvalue weighted by Crippen LogP contribution is 2.25. The van der Waals surface area contributed by atoms with Crippen LogP contribution in [-0.4, -0.2) is 271 Å². The molecule has 0 spiro atoms. The number of amides is 8. The van der Waals surface area contributed by atoms with Crippen LogP contribution in [-0.2, 0) is 76.8 Å². The Balaban J connectivity index is 1.57. The molecule has 5 rings (SSSR count). The van der Waals surface area contributed by atoms with Crippen molar-refractivity contribution in [2.45, 2.75) is 113 Å². The molecule has 0 aliphatic carbocycles. The van der Waals surface area contributed by atoms with Crippen LogP contribution in [0.25, 0.3) is 10.9 Å². The summed E-state index contributed by atoms with van der Waals surface area (Å²) in [5.74, 6) is -13.8. The number of H-pyrrole nitrogens is 1. The summed E-state index contributed by atoms with van der Waals surface area (Å²) in [6.07, 6.45) is -1.31. The second-order valence-corrected chi connectivity index (χ2v) is 25.8. The number of aromatic amines is 1. The highest BCUT2D eigenvalue weighted by atomic mass is 33.1. The van der Waals surface area contributed by atoms with E-state index in [0.29, 0.717) is 34.0 Å². The van der Waals surface area contributed by atoms with Gasteiger partial charge in [0.15, 0.2) is 0 Å². The number of rotatable bonds is 34. The van der Waals surface area contributed by atoms with E-state index in [0.717, 1.165) is 31.4 Å². The molecule has 32 nitrogen and oxygen atoms in total. The number of nitrogens with two attached hydrogens (primary N) is 1. The Morgan fingerprint density at radius 2 is 1.10 bits per heavy atom. The number of carbonyl (C=O) groups excluding carboxylic acids is 8. The van der Waals surface area contributed by atoms with Gasteiger partial charge in [-0.2, -0.15) is 0 Å². The molecule has 4 aromatic rings. The molecule has 530 valence electrons. The summed E-state index contributed by atoms with van der Waals surface area (Å²) in [7, 11) is 1.77. The molecule has 8 amide bonds. The van der Waals surface area contributed by atoms with Gasteiger partial charge in [-0.25, -0.2) is 0 Å². The van der Waals surface area contributed by atoms with Crippen LogP contribution < -0.4 is 48.3 Å². The molecule has 1 aliphatic rings. The van der Waals surface area contributed by atoms with Crippen LogP contribution in [0.1, 0.15) is 49.8 Å². The zero-order chi connectivity index (χ0) is 71.1. The fourth-order valence-electron chi connectivity index (χ4n) is 10.3. The minimum absolute atomic E-state index is 0.0513. The summed E-state index contributed by atoms with van der Waals surface area (Å²) in [6.45, 7) is -2.46. The summed E-state index contributed by atoms with van der Waals surface area (Å²) in [6, 6.07) is 11.7. The van der Waals surface area contributed by atoms with E-state index in [1.165, 1.54) is 18.7 Å². The van der Waals surface area contributed by atoms with Gasteiger partial charge < -0.3 is 89.0 Å². The van der Waals surface area contributed by atoms with E-state index in [1.807, 2.05) is 0 Å². The number of carboxylic acid groups (broad SMARTS) is 4. The van der Waals surface area contributed by atoms with Crippen LogP contribution >= 0.6 is 21.6 Å². The van der Waals surface area contributed by atoms with Crippen LogP contribution in [0, 0.1) is 0 Å². The number of hydrogen-bond donors (Lipinski definition) is 17. The third-order valence-electron chi connectivity index (χ3n) is 15.4. The van der Waals surface area contributed by atoms with Crippen molar-refractivity contribution in [2.24, 2.45) is 5.73 Å². The van der Waals surface area contributed by atoms with E-state index >= 15 is 9.59 Å². The van der Waals surface area contributed by atoms with Crippen LogP contribution in [0.2, 0.25) is 0 Å². The largest absolute Gasteiger partial charge is 0.480 e. The molecular formula is C63H87N13O19S2. The zero-order valence-electron chi connectivity index (χ0n) is 53.6. The van der Waals surface area contributed by atoms with E-state index in [-0.39, 0.29) is 70.6 Å². The van der Waals surface area contributed by atoms with Gasteiger partial charge in [-0.05, 0) is 62.4 Å². The number of nitrogens with one attached hydrogen (secondary N) is 9. The molecule has 34 heteroatoms. The topological polar surface area (TPSA) is 494 Å².